The van der Waals surface area contributed by atoms with Crippen molar-refractivity contribution in [2.45, 2.75) is 6.54 Å². The number of hydrogen-bond acceptors (Lipinski definition) is 6. The lowest BCUT2D eigenvalue weighted by atomic mass is 10.1. The number of nitro groups is 1. The van der Waals surface area contributed by atoms with Gasteiger partial charge in [-0.25, -0.2) is 4.98 Å². The predicted octanol–water partition coefficient (Wildman–Crippen LogP) is 3.70. The SMILES string of the molecule is O=C(NCc1csc(-c2ccccn2)n1)c1ccc(Cl)cc1[N+](=O)[O-]. The van der Waals surface area contributed by atoms with Crippen molar-refractivity contribution in [3.05, 3.63) is 74.4 Å². The molecule has 9 heteroatoms. The van der Waals surface area contributed by atoms with Gasteiger partial charge in [-0.1, -0.05) is 17.7 Å². The van der Waals surface area contributed by atoms with Crippen LogP contribution in [0.25, 0.3) is 10.7 Å². The van der Waals surface area contributed by atoms with E-state index in [0.717, 1.165) is 16.8 Å². The van der Waals surface area contributed by atoms with E-state index in [0.29, 0.717) is 5.69 Å². The first kappa shape index (κ1) is 17.0. The molecule has 25 heavy (non-hydrogen) atoms. The highest BCUT2D eigenvalue weighted by molar-refractivity contribution is 7.13. The number of nitrogens with zero attached hydrogens (tertiary/aromatic N) is 3. The summed E-state index contributed by atoms with van der Waals surface area (Å²) in [4.78, 5) is 31.3. The number of pyridine rings is 1. The van der Waals surface area contributed by atoms with Gasteiger partial charge in [0.25, 0.3) is 11.6 Å². The van der Waals surface area contributed by atoms with Crippen LogP contribution >= 0.6 is 22.9 Å². The van der Waals surface area contributed by atoms with Gasteiger partial charge in [-0.3, -0.25) is 19.9 Å². The summed E-state index contributed by atoms with van der Waals surface area (Å²) in [5, 5.41) is 16.4. The summed E-state index contributed by atoms with van der Waals surface area (Å²) < 4.78 is 0. The first-order valence-corrected chi connectivity index (χ1v) is 8.38. The van der Waals surface area contributed by atoms with E-state index in [1.807, 2.05) is 18.2 Å². The zero-order valence-electron chi connectivity index (χ0n) is 12.7. The molecule has 0 bridgehead atoms. The van der Waals surface area contributed by atoms with E-state index in [4.69, 9.17) is 11.6 Å². The number of nitro benzene ring substituents is 1. The molecule has 0 atom stereocenters. The second-order valence-corrected chi connectivity index (χ2v) is 6.25. The molecular weight excluding hydrogens is 364 g/mol. The molecule has 126 valence electrons. The lowest BCUT2D eigenvalue weighted by Gasteiger charge is -2.04. The maximum absolute atomic E-state index is 12.2. The molecule has 0 spiro atoms. The molecule has 0 aliphatic heterocycles. The minimum absolute atomic E-state index is 0.0467. The van der Waals surface area contributed by atoms with Gasteiger partial charge < -0.3 is 5.32 Å². The normalized spacial score (nSPS) is 10.4. The van der Waals surface area contributed by atoms with Crippen molar-refractivity contribution < 1.29 is 9.72 Å². The summed E-state index contributed by atoms with van der Waals surface area (Å²) in [6, 6.07) is 9.44. The van der Waals surface area contributed by atoms with E-state index in [9.17, 15) is 14.9 Å². The predicted molar refractivity (Wildman–Crippen MR) is 94.6 cm³/mol. The van der Waals surface area contributed by atoms with Crippen LogP contribution in [0.4, 0.5) is 5.69 Å². The maximum Gasteiger partial charge on any atom is 0.283 e. The van der Waals surface area contributed by atoms with Gasteiger partial charge in [0.15, 0.2) is 0 Å². The number of rotatable bonds is 5. The molecule has 3 aromatic rings. The summed E-state index contributed by atoms with van der Waals surface area (Å²) in [6.07, 6.45) is 1.68. The average Bonchev–Trinajstić information content (AvgIpc) is 3.09. The van der Waals surface area contributed by atoms with Gasteiger partial charge in [0.2, 0.25) is 0 Å². The summed E-state index contributed by atoms with van der Waals surface area (Å²) >= 11 is 7.16. The van der Waals surface area contributed by atoms with Crippen LogP contribution in [0.15, 0.2) is 48.0 Å². The zero-order chi connectivity index (χ0) is 17.8. The monoisotopic (exact) mass is 374 g/mol. The number of aromatic nitrogens is 2. The summed E-state index contributed by atoms with van der Waals surface area (Å²) in [7, 11) is 0. The fraction of sp³-hybridized carbons (Fsp3) is 0.0625. The second-order valence-electron chi connectivity index (χ2n) is 4.96. The molecule has 0 aliphatic rings. The van der Waals surface area contributed by atoms with E-state index in [1.54, 1.807) is 11.6 Å². The average molecular weight is 375 g/mol. The van der Waals surface area contributed by atoms with Crippen molar-refractivity contribution in [1.82, 2.24) is 15.3 Å². The Balaban J connectivity index is 1.71. The van der Waals surface area contributed by atoms with Crippen molar-refractivity contribution in [3.8, 4) is 10.7 Å². The number of halogens is 1. The molecule has 0 aliphatic carbocycles. The number of amides is 1. The lowest BCUT2D eigenvalue weighted by molar-refractivity contribution is -0.385. The van der Waals surface area contributed by atoms with Crippen molar-refractivity contribution in [1.29, 1.82) is 0 Å². The molecule has 0 radical (unpaired) electrons. The van der Waals surface area contributed by atoms with Crippen LogP contribution in [0, 0.1) is 10.1 Å². The number of thiazole rings is 1. The number of nitrogens with one attached hydrogen (secondary N) is 1. The quantitative estimate of drug-likeness (QED) is 0.542. The third-order valence-corrected chi connectivity index (χ3v) is 4.42. The highest BCUT2D eigenvalue weighted by atomic mass is 35.5. The molecule has 2 aromatic heterocycles. The molecule has 1 aromatic carbocycles. The Hall–Kier alpha value is -2.84. The minimum atomic E-state index is -0.636. The van der Waals surface area contributed by atoms with E-state index in [-0.39, 0.29) is 22.8 Å². The van der Waals surface area contributed by atoms with E-state index >= 15 is 0 Å². The highest BCUT2D eigenvalue weighted by Gasteiger charge is 2.20. The molecule has 0 fully saturated rings. The van der Waals surface area contributed by atoms with Crippen LogP contribution in [0.2, 0.25) is 5.02 Å². The standard InChI is InChI=1S/C16H11ClN4O3S/c17-10-4-5-12(14(7-10)21(23)24)15(22)19-8-11-9-25-16(20-11)13-3-1-2-6-18-13/h1-7,9H,8H2,(H,19,22). The molecule has 0 saturated heterocycles. The second kappa shape index (κ2) is 7.37. The summed E-state index contributed by atoms with van der Waals surface area (Å²) in [5.41, 5.74) is 1.01. The Bertz CT molecular complexity index is 930. The van der Waals surface area contributed by atoms with E-state index in [2.05, 4.69) is 15.3 Å². The Labute approximate surface area is 151 Å². The molecule has 7 nitrogen and oxygen atoms in total. The summed E-state index contributed by atoms with van der Waals surface area (Å²) in [5.74, 6) is -0.559. The van der Waals surface area contributed by atoms with Gasteiger partial charge in [0.05, 0.1) is 22.9 Å². The Morgan fingerprint density at radius 3 is 2.88 bits per heavy atom. The van der Waals surface area contributed by atoms with Crippen LogP contribution in [-0.4, -0.2) is 20.8 Å². The van der Waals surface area contributed by atoms with Crippen LogP contribution in [-0.2, 0) is 6.54 Å². The largest absolute Gasteiger partial charge is 0.346 e. The van der Waals surface area contributed by atoms with Crippen molar-refractivity contribution in [2.24, 2.45) is 0 Å². The molecule has 1 N–H and O–H groups in total. The van der Waals surface area contributed by atoms with Crippen molar-refractivity contribution in [2.75, 3.05) is 0 Å². The minimum Gasteiger partial charge on any atom is -0.346 e. The third kappa shape index (κ3) is 3.98. The Morgan fingerprint density at radius 2 is 2.16 bits per heavy atom. The molecule has 3 rings (SSSR count). The number of benzene rings is 1. The lowest BCUT2D eigenvalue weighted by Crippen LogP contribution is -2.23. The maximum atomic E-state index is 12.2. The first-order chi connectivity index (χ1) is 12.0. The van der Waals surface area contributed by atoms with Gasteiger partial charge in [-0.2, -0.15) is 0 Å². The fourth-order valence-corrected chi connectivity index (χ4v) is 3.07. The van der Waals surface area contributed by atoms with Crippen LogP contribution in [0.1, 0.15) is 16.1 Å². The smallest absolute Gasteiger partial charge is 0.283 e. The van der Waals surface area contributed by atoms with E-state index < -0.39 is 10.8 Å². The van der Waals surface area contributed by atoms with Crippen molar-refractivity contribution >= 4 is 34.5 Å². The fourth-order valence-electron chi connectivity index (χ4n) is 2.11. The van der Waals surface area contributed by atoms with Gasteiger partial charge in [-0.05, 0) is 24.3 Å². The molecule has 0 unspecified atom stereocenters. The number of carbonyl (C=O) groups is 1. The van der Waals surface area contributed by atoms with Crippen molar-refractivity contribution in [3.63, 3.8) is 0 Å². The highest BCUT2D eigenvalue weighted by Crippen LogP contribution is 2.24. The van der Waals surface area contributed by atoms with E-state index in [1.165, 1.54) is 23.5 Å². The summed E-state index contributed by atoms with van der Waals surface area (Å²) in [6.45, 7) is 0.155. The molecule has 2 heterocycles. The van der Waals surface area contributed by atoms with Gasteiger partial charge >= 0.3 is 0 Å². The molecule has 1 amide bonds. The Morgan fingerprint density at radius 1 is 1.32 bits per heavy atom. The van der Waals surface area contributed by atoms with Gasteiger partial charge in [0, 0.05) is 22.7 Å². The Kier molecular flexibility index (Phi) is 5.01. The first-order valence-electron chi connectivity index (χ1n) is 7.12. The van der Waals surface area contributed by atoms with Crippen LogP contribution in [0.5, 0.6) is 0 Å². The van der Waals surface area contributed by atoms with Crippen LogP contribution < -0.4 is 5.32 Å². The van der Waals surface area contributed by atoms with Gasteiger partial charge in [0.1, 0.15) is 10.6 Å². The zero-order valence-corrected chi connectivity index (χ0v) is 14.3. The number of hydrogen-bond donors (Lipinski definition) is 1. The van der Waals surface area contributed by atoms with Crippen LogP contribution in [0.3, 0.4) is 0 Å². The molecule has 0 saturated carbocycles. The third-order valence-electron chi connectivity index (χ3n) is 3.27. The number of carbonyl (C=O) groups excluding carboxylic acids is 1. The van der Waals surface area contributed by atoms with Gasteiger partial charge in [-0.15, -0.1) is 11.3 Å². The topological polar surface area (TPSA) is 98.0 Å². The molecular formula is C16H11ClN4O3S.